The first-order valence-electron chi connectivity index (χ1n) is 6.98. The van der Waals surface area contributed by atoms with Gasteiger partial charge in [-0.05, 0) is 25.0 Å². The van der Waals surface area contributed by atoms with E-state index in [0.717, 1.165) is 23.9 Å². The van der Waals surface area contributed by atoms with Gasteiger partial charge in [-0.1, -0.05) is 31.7 Å². The van der Waals surface area contributed by atoms with Crippen LogP contribution in [-0.2, 0) is 0 Å². The minimum atomic E-state index is 0.432. The van der Waals surface area contributed by atoms with Gasteiger partial charge in [-0.2, -0.15) is 5.26 Å². The molecule has 98 valence electrons. The Balaban J connectivity index is 2.12. The first kappa shape index (κ1) is 12.0. The van der Waals surface area contributed by atoms with E-state index in [2.05, 4.69) is 15.6 Å². The van der Waals surface area contributed by atoms with Crippen LogP contribution in [0.2, 0.25) is 0 Å². The molecule has 0 radical (unpaired) electrons. The number of nitrogens with two attached hydrogens (primary N) is 1. The number of benzene rings is 1. The van der Waals surface area contributed by atoms with Crippen molar-refractivity contribution >= 4 is 17.0 Å². The minimum Gasteiger partial charge on any atom is -0.369 e. The molecular weight excluding hydrogens is 236 g/mol. The number of para-hydroxylation sites is 1. The highest BCUT2D eigenvalue weighted by atomic mass is 15.2. The molecule has 1 aliphatic rings. The summed E-state index contributed by atoms with van der Waals surface area (Å²) in [6.45, 7) is 0. The molecule has 0 aliphatic heterocycles. The molecule has 19 heavy (non-hydrogen) atoms. The normalized spacial score (nSPS) is 17.2. The number of nitrogen functional groups attached to an aromatic ring is 1. The predicted octanol–water partition coefficient (Wildman–Crippen LogP) is 3.39. The molecule has 0 spiro atoms. The topological polar surface area (TPSA) is 67.6 Å². The van der Waals surface area contributed by atoms with E-state index in [4.69, 9.17) is 11.0 Å². The fraction of sp³-hybridized carbons (Fsp3) is 0.467. The van der Waals surface area contributed by atoms with Gasteiger partial charge in [0.15, 0.2) is 0 Å². The van der Waals surface area contributed by atoms with Crippen molar-refractivity contribution in [1.82, 2.24) is 9.55 Å². The third kappa shape index (κ3) is 2.06. The second-order valence-electron chi connectivity index (χ2n) is 5.27. The van der Waals surface area contributed by atoms with Crippen molar-refractivity contribution in [2.45, 2.75) is 44.6 Å². The largest absolute Gasteiger partial charge is 0.369 e. The molecule has 1 saturated carbocycles. The molecule has 0 saturated heterocycles. The minimum absolute atomic E-state index is 0.432. The van der Waals surface area contributed by atoms with Crippen LogP contribution in [0.15, 0.2) is 18.2 Å². The van der Waals surface area contributed by atoms with Gasteiger partial charge in [0.25, 0.3) is 0 Å². The molecule has 0 atom stereocenters. The molecular formula is C15H18N4. The Morgan fingerprint density at radius 2 is 1.95 bits per heavy atom. The van der Waals surface area contributed by atoms with E-state index in [1.54, 1.807) is 6.07 Å². The number of hydrogen-bond donors (Lipinski definition) is 1. The summed E-state index contributed by atoms with van der Waals surface area (Å²) in [7, 11) is 0. The van der Waals surface area contributed by atoms with Crippen LogP contribution in [-0.4, -0.2) is 9.55 Å². The molecule has 1 aliphatic carbocycles. The molecule has 0 bridgehead atoms. The summed E-state index contributed by atoms with van der Waals surface area (Å²) in [6, 6.07) is 8.35. The van der Waals surface area contributed by atoms with E-state index >= 15 is 0 Å². The number of rotatable bonds is 1. The Morgan fingerprint density at radius 3 is 2.63 bits per heavy atom. The van der Waals surface area contributed by atoms with Crippen LogP contribution in [0.3, 0.4) is 0 Å². The van der Waals surface area contributed by atoms with Gasteiger partial charge in [-0.3, -0.25) is 0 Å². The summed E-state index contributed by atoms with van der Waals surface area (Å²) < 4.78 is 2.14. The quantitative estimate of drug-likeness (QED) is 0.793. The maximum atomic E-state index is 9.15. The second kappa shape index (κ2) is 4.93. The number of nitrogens with zero attached hydrogens (tertiary/aromatic N) is 3. The van der Waals surface area contributed by atoms with Gasteiger partial charge < -0.3 is 10.3 Å². The van der Waals surface area contributed by atoms with Crippen LogP contribution in [0.1, 0.15) is 50.1 Å². The maximum Gasteiger partial charge on any atom is 0.201 e. The van der Waals surface area contributed by atoms with Gasteiger partial charge in [0.2, 0.25) is 5.95 Å². The SMILES string of the molecule is N#Cc1cccc2c1nc(N)n2C1CCCCCC1. The number of fused-ring (bicyclic) bond motifs is 1. The number of nitriles is 1. The summed E-state index contributed by atoms with van der Waals surface area (Å²) in [5.41, 5.74) is 8.45. The van der Waals surface area contributed by atoms with Crippen molar-refractivity contribution in [3.63, 3.8) is 0 Å². The fourth-order valence-electron chi connectivity index (χ4n) is 3.13. The van der Waals surface area contributed by atoms with Crippen LogP contribution in [0, 0.1) is 11.3 Å². The summed E-state index contributed by atoms with van der Waals surface area (Å²) in [6.07, 6.45) is 7.45. The Kier molecular flexibility index (Phi) is 3.12. The van der Waals surface area contributed by atoms with E-state index in [-0.39, 0.29) is 0 Å². The van der Waals surface area contributed by atoms with Crippen molar-refractivity contribution in [3.05, 3.63) is 23.8 Å². The molecule has 0 amide bonds. The lowest BCUT2D eigenvalue weighted by molar-refractivity contribution is 0.459. The Hall–Kier alpha value is -2.02. The standard InChI is InChI=1S/C15H18N4/c16-10-11-6-5-9-13-14(11)18-15(17)19(13)12-7-3-1-2-4-8-12/h5-6,9,12H,1-4,7-8H2,(H2,17,18). The molecule has 2 N–H and O–H groups in total. The number of anilines is 1. The fourth-order valence-corrected chi connectivity index (χ4v) is 3.13. The Bertz CT molecular complexity index is 627. The Morgan fingerprint density at radius 1 is 1.21 bits per heavy atom. The van der Waals surface area contributed by atoms with Gasteiger partial charge in [-0.25, -0.2) is 4.98 Å². The summed E-state index contributed by atoms with van der Waals surface area (Å²) in [5, 5.41) is 9.15. The predicted molar refractivity (Wildman–Crippen MR) is 75.6 cm³/mol. The van der Waals surface area contributed by atoms with Crippen LogP contribution in [0.5, 0.6) is 0 Å². The van der Waals surface area contributed by atoms with Gasteiger partial charge in [0.1, 0.15) is 11.6 Å². The first-order chi connectivity index (χ1) is 9.31. The van der Waals surface area contributed by atoms with Crippen LogP contribution >= 0.6 is 0 Å². The average molecular weight is 254 g/mol. The zero-order valence-electron chi connectivity index (χ0n) is 11.0. The molecule has 1 aromatic heterocycles. The van der Waals surface area contributed by atoms with Crippen LogP contribution < -0.4 is 5.73 Å². The third-order valence-corrected chi connectivity index (χ3v) is 4.06. The monoisotopic (exact) mass is 254 g/mol. The Labute approximate surface area is 112 Å². The van der Waals surface area contributed by atoms with Crippen LogP contribution in [0.4, 0.5) is 5.95 Å². The zero-order valence-corrected chi connectivity index (χ0v) is 11.0. The van der Waals surface area contributed by atoms with E-state index < -0.39 is 0 Å². The summed E-state index contributed by atoms with van der Waals surface area (Å²) in [4.78, 5) is 4.41. The molecule has 3 rings (SSSR count). The number of hydrogen-bond acceptors (Lipinski definition) is 3. The molecule has 1 aromatic carbocycles. The van der Waals surface area contributed by atoms with Crippen molar-refractivity contribution in [3.8, 4) is 6.07 Å². The van der Waals surface area contributed by atoms with Gasteiger partial charge >= 0.3 is 0 Å². The van der Waals surface area contributed by atoms with Gasteiger partial charge in [0.05, 0.1) is 11.1 Å². The molecule has 1 heterocycles. The summed E-state index contributed by atoms with van der Waals surface area (Å²) >= 11 is 0. The van der Waals surface area contributed by atoms with E-state index in [0.29, 0.717) is 17.6 Å². The molecule has 2 aromatic rings. The lowest BCUT2D eigenvalue weighted by Crippen LogP contribution is -2.11. The smallest absolute Gasteiger partial charge is 0.201 e. The summed E-state index contributed by atoms with van der Waals surface area (Å²) in [5.74, 6) is 0.546. The van der Waals surface area contributed by atoms with Crippen molar-refractivity contribution in [2.24, 2.45) is 0 Å². The van der Waals surface area contributed by atoms with Crippen molar-refractivity contribution in [1.29, 1.82) is 5.26 Å². The maximum absolute atomic E-state index is 9.15. The van der Waals surface area contributed by atoms with E-state index in [1.807, 2.05) is 12.1 Å². The highest BCUT2D eigenvalue weighted by Gasteiger charge is 2.20. The van der Waals surface area contributed by atoms with E-state index in [9.17, 15) is 0 Å². The first-order valence-corrected chi connectivity index (χ1v) is 6.98. The second-order valence-corrected chi connectivity index (χ2v) is 5.27. The third-order valence-electron chi connectivity index (χ3n) is 4.06. The van der Waals surface area contributed by atoms with Gasteiger partial charge in [-0.15, -0.1) is 0 Å². The molecule has 4 heteroatoms. The average Bonchev–Trinajstić information content (AvgIpc) is 2.62. The van der Waals surface area contributed by atoms with Gasteiger partial charge in [0, 0.05) is 6.04 Å². The number of aromatic nitrogens is 2. The lowest BCUT2D eigenvalue weighted by atomic mass is 10.1. The highest BCUT2D eigenvalue weighted by molar-refractivity contribution is 5.84. The molecule has 0 unspecified atom stereocenters. The zero-order chi connectivity index (χ0) is 13.2. The van der Waals surface area contributed by atoms with E-state index in [1.165, 1.54) is 25.7 Å². The van der Waals surface area contributed by atoms with Crippen LogP contribution in [0.25, 0.3) is 11.0 Å². The number of imidazole rings is 1. The molecule has 1 fully saturated rings. The van der Waals surface area contributed by atoms with Crippen molar-refractivity contribution < 1.29 is 0 Å². The van der Waals surface area contributed by atoms with Crippen molar-refractivity contribution in [2.75, 3.05) is 5.73 Å². The highest BCUT2D eigenvalue weighted by Crippen LogP contribution is 2.33. The lowest BCUT2D eigenvalue weighted by Gasteiger charge is -2.18. The molecule has 4 nitrogen and oxygen atoms in total.